The molecule has 5 rings (SSSR count). The molecule has 7 nitrogen and oxygen atoms in total. The lowest BCUT2D eigenvalue weighted by Gasteiger charge is -2.18. The predicted octanol–water partition coefficient (Wildman–Crippen LogP) is 4.08. The lowest BCUT2D eigenvalue weighted by Crippen LogP contribution is -2.23. The number of nitrogens with zero attached hydrogens (tertiary/aromatic N) is 4. The monoisotopic (exact) mass is 414 g/mol. The van der Waals surface area contributed by atoms with Gasteiger partial charge in [-0.05, 0) is 55.8 Å². The molecule has 3 aromatic heterocycles. The molecule has 0 spiro atoms. The summed E-state index contributed by atoms with van der Waals surface area (Å²) in [6.07, 6.45) is 5.85. The molecule has 0 radical (unpaired) electrons. The third-order valence-electron chi connectivity index (χ3n) is 5.14. The fourth-order valence-electron chi connectivity index (χ4n) is 3.66. The highest BCUT2D eigenvalue weighted by molar-refractivity contribution is 5.87. The number of fused-ring (bicyclic) bond motifs is 2. The molecule has 0 saturated carbocycles. The summed E-state index contributed by atoms with van der Waals surface area (Å²) in [5.41, 5.74) is 4.13. The molecule has 1 aliphatic heterocycles. The topological polar surface area (TPSA) is 70.7 Å². The second-order valence-electron chi connectivity index (χ2n) is 7.62. The van der Waals surface area contributed by atoms with Gasteiger partial charge in [0, 0.05) is 12.3 Å². The van der Waals surface area contributed by atoms with Crippen LogP contribution in [-0.4, -0.2) is 32.6 Å². The maximum Gasteiger partial charge on any atom is 0.267 e. The molecule has 1 aliphatic rings. The lowest BCUT2D eigenvalue weighted by molar-refractivity contribution is 0.171. The van der Waals surface area contributed by atoms with E-state index in [1.807, 2.05) is 73.1 Å². The van der Waals surface area contributed by atoms with Crippen LogP contribution in [0.2, 0.25) is 0 Å². The fourth-order valence-corrected chi connectivity index (χ4v) is 3.66. The van der Waals surface area contributed by atoms with E-state index in [9.17, 15) is 4.79 Å². The summed E-state index contributed by atoms with van der Waals surface area (Å²) >= 11 is 0. The van der Waals surface area contributed by atoms with E-state index in [2.05, 4.69) is 5.10 Å². The van der Waals surface area contributed by atoms with Crippen LogP contribution in [0.5, 0.6) is 11.5 Å². The standard InChI is InChI=1S/C24H22N4O3/c1-16(2)28-23(29)11-9-19(26-28)24-18(25-27-12-4-3-5-20(24)27)8-6-17-7-10-21-22(15-17)31-14-13-30-21/h3-12,15-16H,13-14H2,1-2H3/b8-6+. The molecule has 0 N–H and O–H groups in total. The number of pyridine rings is 1. The summed E-state index contributed by atoms with van der Waals surface area (Å²) in [6.45, 7) is 5.00. The maximum absolute atomic E-state index is 12.2. The number of hydrogen-bond donors (Lipinski definition) is 0. The second-order valence-corrected chi connectivity index (χ2v) is 7.62. The smallest absolute Gasteiger partial charge is 0.267 e. The van der Waals surface area contributed by atoms with Crippen molar-refractivity contribution in [3.63, 3.8) is 0 Å². The molecular weight excluding hydrogens is 392 g/mol. The van der Waals surface area contributed by atoms with Crippen molar-refractivity contribution in [1.82, 2.24) is 19.4 Å². The van der Waals surface area contributed by atoms with Gasteiger partial charge in [0.25, 0.3) is 5.56 Å². The molecule has 156 valence electrons. The quantitative estimate of drug-likeness (QED) is 0.503. The molecule has 0 saturated heterocycles. The normalized spacial score (nSPS) is 13.4. The fraction of sp³-hybridized carbons (Fsp3) is 0.208. The van der Waals surface area contributed by atoms with Crippen LogP contribution in [0.25, 0.3) is 28.9 Å². The molecular formula is C24H22N4O3. The van der Waals surface area contributed by atoms with Crippen LogP contribution in [0.4, 0.5) is 0 Å². The van der Waals surface area contributed by atoms with Gasteiger partial charge in [0.1, 0.15) is 13.2 Å². The van der Waals surface area contributed by atoms with Crippen LogP contribution in [0.3, 0.4) is 0 Å². The van der Waals surface area contributed by atoms with Gasteiger partial charge in [0.2, 0.25) is 0 Å². The average Bonchev–Trinajstić information content (AvgIpc) is 3.16. The van der Waals surface area contributed by atoms with Gasteiger partial charge in [0.05, 0.1) is 28.5 Å². The van der Waals surface area contributed by atoms with Gasteiger partial charge in [-0.25, -0.2) is 9.20 Å². The van der Waals surface area contributed by atoms with E-state index in [4.69, 9.17) is 14.6 Å². The van der Waals surface area contributed by atoms with E-state index < -0.39 is 0 Å². The summed E-state index contributed by atoms with van der Waals surface area (Å²) in [4.78, 5) is 12.2. The maximum atomic E-state index is 12.2. The molecule has 7 heteroatoms. The molecule has 4 aromatic rings. The van der Waals surface area contributed by atoms with E-state index in [1.165, 1.54) is 4.68 Å². The second kappa shape index (κ2) is 7.75. The number of ether oxygens (including phenoxy) is 2. The van der Waals surface area contributed by atoms with Crippen molar-refractivity contribution in [2.75, 3.05) is 13.2 Å². The summed E-state index contributed by atoms with van der Waals surface area (Å²) in [6, 6.07) is 15.0. The highest BCUT2D eigenvalue weighted by Gasteiger charge is 2.16. The first-order valence-electron chi connectivity index (χ1n) is 10.3. The van der Waals surface area contributed by atoms with Crippen LogP contribution in [-0.2, 0) is 0 Å². The number of aromatic nitrogens is 4. The summed E-state index contributed by atoms with van der Waals surface area (Å²) in [7, 11) is 0. The zero-order chi connectivity index (χ0) is 21.4. The molecule has 0 amide bonds. The highest BCUT2D eigenvalue weighted by atomic mass is 16.6. The van der Waals surface area contributed by atoms with Crippen molar-refractivity contribution in [1.29, 1.82) is 0 Å². The first kappa shape index (κ1) is 19.1. The third kappa shape index (κ3) is 3.59. The van der Waals surface area contributed by atoms with Crippen molar-refractivity contribution >= 4 is 17.7 Å². The Labute approximate surface area is 179 Å². The van der Waals surface area contributed by atoms with E-state index in [1.54, 1.807) is 12.1 Å². The Morgan fingerprint density at radius 3 is 2.65 bits per heavy atom. The molecule has 0 unspecified atom stereocenters. The number of hydrogen-bond acceptors (Lipinski definition) is 5. The summed E-state index contributed by atoms with van der Waals surface area (Å²) in [5, 5.41) is 9.35. The molecule has 4 heterocycles. The minimum atomic E-state index is -0.122. The van der Waals surface area contributed by atoms with Crippen molar-refractivity contribution in [2.45, 2.75) is 19.9 Å². The van der Waals surface area contributed by atoms with E-state index in [-0.39, 0.29) is 11.6 Å². The van der Waals surface area contributed by atoms with E-state index in [0.29, 0.717) is 18.9 Å². The Balaban J connectivity index is 1.61. The molecule has 0 atom stereocenters. The summed E-state index contributed by atoms with van der Waals surface area (Å²) in [5.74, 6) is 1.51. The minimum Gasteiger partial charge on any atom is -0.486 e. The van der Waals surface area contributed by atoms with Crippen LogP contribution >= 0.6 is 0 Å². The largest absolute Gasteiger partial charge is 0.486 e. The van der Waals surface area contributed by atoms with Crippen LogP contribution in [0.1, 0.15) is 31.1 Å². The predicted molar refractivity (Wildman–Crippen MR) is 119 cm³/mol. The van der Waals surface area contributed by atoms with Crippen LogP contribution in [0, 0.1) is 0 Å². The van der Waals surface area contributed by atoms with Gasteiger partial charge in [-0.3, -0.25) is 4.79 Å². The van der Waals surface area contributed by atoms with Crippen molar-refractivity contribution < 1.29 is 9.47 Å². The van der Waals surface area contributed by atoms with Crippen molar-refractivity contribution in [3.8, 4) is 22.8 Å². The SMILES string of the molecule is CC(C)n1nc(-c2c(/C=C/c3ccc4c(c3)OCCO4)nn3ccccc23)ccc1=O. The van der Waals surface area contributed by atoms with Gasteiger partial charge in [-0.15, -0.1) is 0 Å². The van der Waals surface area contributed by atoms with Crippen molar-refractivity contribution in [2.24, 2.45) is 0 Å². The third-order valence-corrected chi connectivity index (χ3v) is 5.14. The average molecular weight is 414 g/mol. The van der Waals surface area contributed by atoms with E-state index in [0.717, 1.165) is 33.8 Å². The first-order valence-corrected chi connectivity index (χ1v) is 10.3. The van der Waals surface area contributed by atoms with Crippen molar-refractivity contribution in [3.05, 3.63) is 76.3 Å². The van der Waals surface area contributed by atoms with Gasteiger partial charge >= 0.3 is 0 Å². The molecule has 0 bridgehead atoms. The highest BCUT2D eigenvalue weighted by Crippen LogP contribution is 2.32. The Kier molecular flexibility index (Phi) is 4.78. The number of rotatable bonds is 4. The van der Waals surface area contributed by atoms with Crippen LogP contribution in [0.15, 0.2) is 59.5 Å². The van der Waals surface area contributed by atoms with Gasteiger partial charge in [-0.1, -0.05) is 18.2 Å². The van der Waals surface area contributed by atoms with Gasteiger partial charge < -0.3 is 9.47 Å². The zero-order valence-corrected chi connectivity index (χ0v) is 17.4. The lowest BCUT2D eigenvalue weighted by atomic mass is 10.1. The Hall–Kier alpha value is -3.87. The van der Waals surface area contributed by atoms with Crippen LogP contribution < -0.4 is 15.0 Å². The first-order chi connectivity index (χ1) is 15.1. The molecule has 0 aliphatic carbocycles. The minimum absolute atomic E-state index is 0.0361. The van der Waals surface area contributed by atoms with Gasteiger partial charge in [0.15, 0.2) is 11.5 Å². The Morgan fingerprint density at radius 1 is 0.968 bits per heavy atom. The molecule has 1 aromatic carbocycles. The van der Waals surface area contributed by atoms with E-state index >= 15 is 0 Å². The zero-order valence-electron chi connectivity index (χ0n) is 17.4. The summed E-state index contributed by atoms with van der Waals surface area (Å²) < 4.78 is 14.6. The van der Waals surface area contributed by atoms with Gasteiger partial charge in [-0.2, -0.15) is 10.2 Å². The molecule has 31 heavy (non-hydrogen) atoms. The Morgan fingerprint density at radius 2 is 1.81 bits per heavy atom. The number of benzene rings is 1. The Bertz CT molecular complexity index is 1350. The molecule has 0 fully saturated rings.